The van der Waals surface area contributed by atoms with Gasteiger partial charge in [-0.2, -0.15) is 0 Å². The highest BCUT2D eigenvalue weighted by Crippen LogP contribution is 2.30. The van der Waals surface area contributed by atoms with Crippen LogP contribution in [0.15, 0.2) is 0 Å². The number of carbonyl (C=O) groups is 2. The van der Waals surface area contributed by atoms with E-state index in [1.54, 1.807) is 11.8 Å². The van der Waals surface area contributed by atoms with Crippen LogP contribution in [0.2, 0.25) is 0 Å². The largest absolute Gasteiger partial charge is 0.338 e. The number of hydrogen-bond donors (Lipinski definition) is 1. The molecule has 3 aliphatic rings. The Morgan fingerprint density at radius 1 is 1.00 bits per heavy atom. The van der Waals surface area contributed by atoms with Crippen molar-refractivity contribution in [2.45, 2.75) is 37.0 Å². The summed E-state index contributed by atoms with van der Waals surface area (Å²) in [6, 6.07) is -0.193. The van der Waals surface area contributed by atoms with E-state index in [-0.39, 0.29) is 23.1 Å². The van der Waals surface area contributed by atoms with Crippen molar-refractivity contribution < 1.29 is 9.59 Å². The third-order valence-corrected chi connectivity index (χ3v) is 5.82. The minimum atomic E-state index is -0.193. The van der Waals surface area contributed by atoms with Gasteiger partial charge in [-0.15, -0.1) is 11.8 Å². The molecule has 0 radical (unpaired) electrons. The number of nitrogens with zero attached hydrogens (tertiary/aromatic N) is 2. The molecule has 1 N–H and O–H groups in total. The molecule has 0 saturated carbocycles. The fraction of sp³-hybridized carbons (Fsp3) is 0.857. The first-order chi connectivity index (χ1) is 9.77. The first-order valence-corrected chi connectivity index (χ1v) is 8.74. The predicted octanol–water partition coefficient (Wildman–Crippen LogP) is 0.305. The molecule has 5 nitrogen and oxygen atoms in total. The normalized spacial score (nSPS) is 30.8. The number of piperazine rings is 1. The minimum Gasteiger partial charge on any atom is -0.338 e. The van der Waals surface area contributed by atoms with Crippen LogP contribution >= 0.6 is 11.8 Å². The monoisotopic (exact) mass is 297 g/mol. The van der Waals surface area contributed by atoms with Crippen molar-refractivity contribution in [3.8, 4) is 0 Å². The van der Waals surface area contributed by atoms with Crippen LogP contribution in [-0.2, 0) is 9.59 Å². The van der Waals surface area contributed by atoms with E-state index in [4.69, 9.17) is 0 Å². The van der Waals surface area contributed by atoms with Crippen LogP contribution in [0.25, 0.3) is 0 Å². The van der Waals surface area contributed by atoms with E-state index in [1.165, 1.54) is 0 Å². The Labute approximate surface area is 124 Å². The quantitative estimate of drug-likeness (QED) is 0.797. The number of thioether (sulfide) groups is 1. The summed E-state index contributed by atoms with van der Waals surface area (Å²) in [5, 5.41) is 3.36. The van der Waals surface area contributed by atoms with Gasteiger partial charge in [-0.1, -0.05) is 0 Å². The van der Waals surface area contributed by atoms with E-state index < -0.39 is 0 Å². The molecule has 2 atom stereocenters. The van der Waals surface area contributed by atoms with Gasteiger partial charge in [-0.25, -0.2) is 0 Å². The van der Waals surface area contributed by atoms with E-state index in [9.17, 15) is 9.59 Å². The van der Waals surface area contributed by atoms with Gasteiger partial charge in [0.1, 0.15) is 6.04 Å². The second kappa shape index (κ2) is 6.35. The van der Waals surface area contributed by atoms with Crippen molar-refractivity contribution in [1.29, 1.82) is 0 Å². The highest BCUT2D eigenvalue weighted by Gasteiger charge is 2.39. The Balaban J connectivity index is 1.65. The smallest absolute Gasteiger partial charge is 0.245 e. The molecule has 0 aromatic heterocycles. The summed E-state index contributed by atoms with van der Waals surface area (Å²) in [5.74, 6) is 1.46. The first-order valence-electron chi connectivity index (χ1n) is 7.69. The van der Waals surface area contributed by atoms with Crippen molar-refractivity contribution in [3.63, 3.8) is 0 Å². The third kappa shape index (κ3) is 2.81. The zero-order valence-corrected chi connectivity index (χ0v) is 12.7. The van der Waals surface area contributed by atoms with Gasteiger partial charge in [0.2, 0.25) is 11.8 Å². The number of rotatable bonds is 2. The standard InChI is InChI=1S/C14H23N3O2S/c18-13(16-8-5-15-6-9-16)11-3-1-7-17(11)14(19)12-4-2-10-20-12/h11-12,15H,1-10H2. The Morgan fingerprint density at radius 3 is 2.50 bits per heavy atom. The number of nitrogens with one attached hydrogen (secondary N) is 1. The lowest BCUT2D eigenvalue weighted by atomic mass is 10.1. The second-order valence-electron chi connectivity index (χ2n) is 5.77. The maximum Gasteiger partial charge on any atom is 0.245 e. The van der Waals surface area contributed by atoms with E-state index in [0.29, 0.717) is 0 Å². The lowest BCUT2D eigenvalue weighted by Crippen LogP contribution is -2.54. The number of hydrogen-bond acceptors (Lipinski definition) is 4. The number of likely N-dealkylation sites (tertiary alicyclic amines) is 1. The molecule has 0 aliphatic carbocycles. The Morgan fingerprint density at radius 2 is 1.80 bits per heavy atom. The van der Waals surface area contributed by atoms with Crippen molar-refractivity contribution in [2.75, 3.05) is 38.5 Å². The van der Waals surface area contributed by atoms with Crippen LogP contribution in [-0.4, -0.2) is 71.4 Å². The summed E-state index contributed by atoms with van der Waals surface area (Å²) in [6.07, 6.45) is 3.91. The zero-order chi connectivity index (χ0) is 13.9. The lowest BCUT2D eigenvalue weighted by Gasteiger charge is -2.33. The Hall–Kier alpha value is -0.750. The van der Waals surface area contributed by atoms with Gasteiger partial charge < -0.3 is 15.1 Å². The first kappa shape index (κ1) is 14.2. The SMILES string of the molecule is O=C(C1CCCN1C(=O)C1CCCS1)N1CCNCC1. The average Bonchev–Trinajstić information content (AvgIpc) is 3.18. The van der Waals surface area contributed by atoms with Gasteiger partial charge in [0.15, 0.2) is 0 Å². The van der Waals surface area contributed by atoms with Crippen LogP contribution in [0.1, 0.15) is 25.7 Å². The van der Waals surface area contributed by atoms with Gasteiger partial charge >= 0.3 is 0 Å². The number of carbonyl (C=O) groups excluding carboxylic acids is 2. The average molecular weight is 297 g/mol. The van der Waals surface area contributed by atoms with E-state index in [0.717, 1.165) is 64.2 Å². The van der Waals surface area contributed by atoms with Crippen LogP contribution in [0.4, 0.5) is 0 Å². The minimum absolute atomic E-state index is 0.103. The highest BCUT2D eigenvalue weighted by atomic mass is 32.2. The lowest BCUT2D eigenvalue weighted by molar-refractivity contribution is -0.143. The molecule has 2 unspecified atom stereocenters. The Bertz CT molecular complexity index is 379. The van der Waals surface area contributed by atoms with Gasteiger partial charge in [0, 0.05) is 32.7 Å². The topological polar surface area (TPSA) is 52.7 Å². The van der Waals surface area contributed by atoms with Gasteiger partial charge in [-0.05, 0) is 31.4 Å². The van der Waals surface area contributed by atoms with Gasteiger partial charge in [-0.3, -0.25) is 9.59 Å². The van der Waals surface area contributed by atoms with Crippen LogP contribution in [0, 0.1) is 0 Å². The summed E-state index contributed by atoms with van der Waals surface area (Å²) in [7, 11) is 0. The molecule has 0 aromatic rings. The summed E-state index contributed by atoms with van der Waals surface area (Å²) in [6.45, 7) is 4.04. The molecular formula is C14H23N3O2S. The molecule has 112 valence electrons. The molecule has 0 aromatic carbocycles. The molecule has 3 rings (SSSR count). The predicted molar refractivity (Wildman–Crippen MR) is 79.7 cm³/mol. The molecule has 20 heavy (non-hydrogen) atoms. The highest BCUT2D eigenvalue weighted by molar-refractivity contribution is 8.00. The third-order valence-electron chi connectivity index (χ3n) is 4.45. The van der Waals surface area contributed by atoms with E-state index in [1.807, 2.05) is 9.80 Å². The van der Waals surface area contributed by atoms with Crippen molar-refractivity contribution in [1.82, 2.24) is 15.1 Å². The maximum absolute atomic E-state index is 12.6. The fourth-order valence-corrected chi connectivity index (χ4v) is 4.57. The van der Waals surface area contributed by atoms with Crippen molar-refractivity contribution in [3.05, 3.63) is 0 Å². The fourth-order valence-electron chi connectivity index (χ4n) is 3.34. The van der Waals surface area contributed by atoms with Crippen LogP contribution in [0.5, 0.6) is 0 Å². The van der Waals surface area contributed by atoms with Gasteiger partial charge in [0.05, 0.1) is 5.25 Å². The summed E-state index contributed by atoms with van der Waals surface area (Å²) < 4.78 is 0. The van der Waals surface area contributed by atoms with Crippen molar-refractivity contribution in [2.24, 2.45) is 0 Å². The summed E-state index contributed by atoms with van der Waals surface area (Å²) in [4.78, 5) is 29.0. The van der Waals surface area contributed by atoms with Crippen LogP contribution < -0.4 is 5.32 Å². The molecule has 3 saturated heterocycles. The van der Waals surface area contributed by atoms with E-state index >= 15 is 0 Å². The molecule has 2 amide bonds. The molecule has 3 fully saturated rings. The molecule has 0 spiro atoms. The summed E-state index contributed by atoms with van der Waals surface area (Å²) in [5.41, 5.74) is 0. The summed E-state index contributed by atoms with van der Waals surface area (Å²) >= 11 is 1.76. The molecule has 3 aliphatic heterocycles. The molecule has 0 bridgehead atoms. The molecule has 3 heterocycles. The zero-order valence-electron chi connectivity index (χ0n) is 11.8. The van der Waals surface area contributed by atoms with Crippen LogP contribution in [0.3, 0.4) is 0 Å². The molecular weight excluding hydrogens is 274 g/mol. The maximum atomic E-state index is 12.6. The number of amides is 2. The van der Waals surface area contributed by atoms with E-state index in [2.05, 4.69) is 5.32 Å². The molecule has 6 heteroatoms. The van der Waals surface area contributed by atoms with Gasteiger partial charge in [0.25, 0.3) is 0 Å². The second-order valence-corrected chi connectivity index (χ2v) is 7.08. The Kier molecular flexibility index (Phi) is 4.51. The van der Waals surface area contributed by atoms with Crippen molar-refractivity contribution >= 4 is 23.6 Å².